The van der Waals surface area contributed by atoms with Gasteiger partial charge >= 0.3 is 0 Å². The zero-order chi connectivity index (χ0) is 8.82. The summed E-state index contributed by atoms with van der Waals surface area (Å²) >= 11 is 3.51. The Hall–Kier alpha value is 0.340. The maximum Gasteiger partial charge on any atom is 0.248 e. The Morgan fingerprint density at radius 1 is 1.00 bits per heavy atom. The molecule has 0 bridgehead atoms. The van der Waals surface area contributed by atoms with Crippen LogP contribution in [0.1, 0.15) is 38.5 Å². The summed E-state index contributed by atoms with van der Waals surface area (Å²) in [6, 6.07) is 0. The summed E-state index contributed by atoms with van der Waals surface area (Å²) in [6.07, 6.45) is 3.94. The quantitative estimate of drug-likeness (QED) is 0.565. The van der Waals surface area contributed by atoms with Gasteiger partial charge in [0.15, 0.2) is 0 Å². The zero-order valence-corrected chi connectivity index (χ0v) is 8.54. The lowest BCUT2D eigenvalue weighted by molar-refractivity contribution is -0.0841. The molecule has 0 atom stereocenters. The Bertz CT molecular complexity index is 173. The van der Waals surface area contributed by atoms with Gasteiger partial charge in [0.05, 0.1) is 0 Å². The highest BCUT2D eigenvalue weighted by molar-refractivity contribution is 9.09. The first-order chi connectivity index (χ1) is 5.52. The lowest BCUT2D eigenvalue weighted by atomic mass is 9.60. The first-order valence-electron chi connectivity index (χ1n) is 4.53. The van der Waals surface area contributed by atoms with Crippen LogP contribution in [-0.2, 0) is 0 Å². The van der Waals surface area contributed by atoms with E-state index in [0.29, 0.717) is 10.2 Å². The number of hydrogen-bond acceptors (Lipinski definition) is 0. The van der Waals surface area contributed by atoms with Gasteiger partial charge in [-0.15, -0.1) is 0 Å². The summed E-state index contributed by atoms with van der Waals surface area (Å²) in [7, 11) is 0. The van der Waals surface area contributed by atoms with Crippen molar-refractivity contribution in [3.8, 4) is 0 Å². The van der Waals surface area contributed by atoms with Crippen LogP contribution in [0.3, 0.4) is 0 Å². The first kappa shape index (κ1) is 8.92. The van der Waals surface area contributed by atoms with Gasteiger partial charge in [-0.05, 0) is 31.1 Å². The molecule has 0 aromatic heterocycles. The number of rotatable bonds is 0. The zero-order valence-electron chi connectivity index (χ0n) is 6.95. The molecule has 2 fully saturated rings. The van der Waals surface area contributed by atoms with Crippen molar-refractivity contribution in [1.29, 1.82) is 0 Å². The van der Waals surface area contributed by atoms with Crippen LogP contribution in [0.2, 0.25) is 0 Å². The fraction of sp³-hybridized carbons (Fsp3) is 1.00. The van der Waals surface area contributed by atoms with E-state index < -0.39 is 5.92 Å². The number of halogens is 3. The van der Waals surface area contributed by atoms with Crippen molar-refractivity contribution in [3.63, 3.8) is 0 Å². The molecule has 0 heterocycles. The van der Waals surface area contributed by atoms with Crippen molar-refractivity contribution < 1.29 is 8.78 Å². The summed E-state index contributed by atoms with van der Waals surface area (Å²) < 4.78 is 25.6. The molecular formula is C9H13BrF2. The van der Waals surface area contributed by atoms with Crippen molar-refractivity contribution in [3.05, 3.63) is 0 Å². The van der Waals surface area contributed by atoms with Crippen LogP contribution in [0.15, 0.2) is 0 Å². The van der Waals surface area contributed by atoms with E-state index in [1.54, 1.807) is 0 Å². The van der Waals surface area contributed by atoms with Gasteiger partial charge in [-0.25, -0.2) is 8.78 Å². The molecule has 0 aromatic rings. The summed E-state index contributed by atoms with van der Waals surface area (Å²) in [4.78, 5) is 0.601. The predicted octanol–water partition coefficient (Wildman–Crippen LogP) is 3.74. The highest BCUT2D eigenvalue weighted by Crippen LogP contribution is 2.56. The summed E-state index contributed by atoms with van der Waals surface area (Å²) in [5, 5.41) is 0. The minimum Gasteiger partial charge on any atom is -0.207 e. The van der Waals surface area contributed by atoms with Crippen molar-refractivity contribution >= 4 is 15.9 Å². The van der Waals surface area contributed by atoms with Gasteiger partial charge in [0.2, 0.25) is 5.92 Å². The molecule has 0 radical (unpaired) electrons. The van der Waals surface area contributed by atoms with Crippen LogP contribution in [0, 0.1) is 5.41 Å². The van der Waals surface area contributed by atoms with E-state index in [9.17, 15) is 8.78 Å². The lowest BCUT2D eigenvalue weighted by Gasteiger charge is -2.49. The van der Waals surface area contributed by atoms with Crippen molar-refractivity contribution in [2.24, 2.45) is 5.41 Å². The molecule has 2 saturated carbocycles. The standard InChI is InChI=1S/C9H13BrF2/c10-7-5-8(6-7)1-3-9(11,12)4-2-8/h7H,1-6H2. The Kier molecular flexibility index (Phi) is 1.98. The second kappa shape index (κ2) is 2.66. The lowest BCUT2D eigenvalue weighted by Crippen LogP contribution is -2.43. The molecule has 2 rings (SSSR count). The van der Waals surface area contributed by atoms with Crippen molar-refractivity contribution in [2.45, 2.75) is 49.3 Å². The van der Waals surface area contributed by atoms with E-state index in [1.807, 2.05) is 0 Å². The van der Waals surface area contributed by atoms with E-state index in [4.69, 9.17) is 0 Å². The minimum absolute atomic E-state index is 0.118. The van der Waals surface area contributed by atoms with Gasteiger partial charge in [0, 0.05) is 17.7 Å². The molecule has 2 aliphatic rings. The highest BCUT2D eigenvalue weighted by Gasteiger charge is 2.49. The maximum absolute atomic E-state index is 12.8. The molecule has 1 spiro atoms. The Morgan fingerprint density at radius 2 is 1.50 bits per heavy atom. The van der Waals surface area contributed by atoms with Gasteiger partial charge in [0.1, 0.15) is 0 Å². The van der Waals surface area contributed by atoms with E-state index in [-0.39, 0.29) is 12.8 Å². The van der Waals surface area contributed by atoms with Gasteiger partial charge in [-0.3, -0.25) is 0 Å². The third-order valence-electron chi connectivity index (χ3n) is 3.35. The molecule has 2 aliphatic carbocycles. The molecule has 0 saturated heterocycles. The van der Waals surface area contributed by atoms with Crippen LogP contribution >= 0.6 is 15.9 Å². The predicted molar refractivity (Wildman–Crippen MR) is 47.8 cm³/mol. The minimum atomic E-state index is -2.36. The molecule has 3 heteroatoms. The van der Waals surface area contributed by atoms with Crippen LogP contribution in [0.5, 0.6) is 0 Å². The summed E-state index contributed by atoms with van der Waals surface area (Å²) in [5.41, 5.74) is 0.301. The summed E-state index contributed by atoms with van der Waals surface area (Å²) in [5.74, 6) is -2.36. The molecule has 0 N–H and O–H groups in total. The van der Waals surface area contributed by atoms with Gasteiger partial charge in [-0.1, -0.05) is 15.9 Å². The Balaban J connectivity index is 1.91. The van der Waals surface area contributed by atoms with E-state index >= 15 is 0 Å². The molecule has 0 unspecified atom stereocenters. The molecule has 0 aliphatic heterocycles. The average molecular weight is 239 g/mol. The maximum atomic E-state index is 12.8. The first-order valence-corrected chi connectivity index (χ1v) is 5.45. The van der Waals surface area contributed by atoms with Crippen LogP contribution < -0.4 is 0 Å². The topological polar surface area (TPSA) is 0 Å². The van der Waals surface area contributed by atoms with Crippen LogP contribution in [-0.4, -0.2) is 10.7 Å². The SMILES string of the molecule is FC1(F)CCC2(CC1)CC(Br)C2. The number of hydrogen-bond donors (Lipinski definition) is 0. The fourth-order valence-electron chi connectivity index (χ4n) is 2.43. The van der Waals surface area contributed by atoms with Crippen molar-refractivity contribution in [1.82, 2.24) is 0 Å². The van der Waals surface area contributed by atoms with E-state index in [0.717, 1.165) is 25.7 Å². The third-order valence-corrected chi connectivity index (χ3v) is 4.00. The molecule has 0 nitrogen and oxygen atoms in total. The van der Waals surface area contributed by atoms with Gasteiger partial charge in [-0.2, -0.15) is 0 Å². The monoisotopic (exact) mass is 238 g/mol. The van der Waals surface area contributed by atoms with Crippen LogP contribution in [0.4, 0.5) is 8.78 Å². The molecule has 70 valence electrons. The van der Waals surface area contributed by atoms with Crippen LogP contribution in [0.25, 0.3) is 0 Å². The number of alkyl halides is 3. The Labute approximate surface area is 79.8 Å². The molecule has 12 heavy (non-hydrogen) atoms. The van der Waals surface area contributed by atoms with E-state index in [1.165, 1.54) is 0 Å². The smallest absolute Gasteiger partial charge is 0.207 e. The second-order valence-corrected chi connectivity index (χ2v) is 5.66. The highest BCUT2D eigenvalue weighted by atomic mass is 79.9. The van der Waals surface area contributed by atoms with Crippen molar-refractivity contribution in [2.75, 3.05) is 0 Å². The van der Waals surface area contributed by atoms with E-state index in [2.05, 4.69) is 15.9 Å². The third kappa shape index (κ3) is 1.52. The normalized spacial score (nSPS) is 33.2. The second-order valence-electron chi connectivity index (χ2n) is 4.36. The largest absolute Gasteiger partial charge is 0.248 e. The fourth-order valence-corrected chi connectivity index (χ4v) is 3.81. The Morgan fingerprint density at radius 3 is 1.92 bits per heavy atom. The molecule has 0 amide bonds. The molecule has 0 aromatic carbocycles. The average Bonchev–Trinajstić information content (AvgIpc) is 1.92. The summed E-state index contributed by atoms with van der Waals surface area (Å²) in [6.45, 7) is 0. The van der Waals surface area contributed by atoms with Gasteiger partial charge < -0.3 is 0 Å². The van der Waals surface area contributed by atoms with Gasteiger partial charge in [0.25, 0.3) is 0 Å². The molecular weight excluding hydrogens is 226 g/mol.